The van der Waals surface area contributed by atoms with E-state index < -0.39 is 5.92 Å². The third-order valence-electron chi connectivity index (χ3n) is 5.26. The number of amidine groups is 1. The van der Waals surface area contributed by atoms with E-state index in [0.29, 0.717) is 17.0 Å². The summed E-state index contributed by atoms with van der Waals surface area (Å²) in [6.07, 6.45) is 10.7. The second-order valence-electron chi connectivity index (χ2n) is 7.42. The molecule has 1 aromatic heterocycles. The van der Waals surface area contributed by atoms with E-state index in [-0.39, 0.29) is 17.3 Å². The average molecular weight is 494 g/mol. The Balaban J connectivity index is 1.62. The maximum atomic E-state index is 12.5. The van der Waals surface area contributed by atoms with Gasteiger partial charge in [-0.05, 0) is 36.4 Å². The van der Waals surface area contributed by atoms with E-state index in [0.717, 1.165) is 15.7 Å². The van der Waals surface area contributed by atoms with E-state index in [1.54, 1.807) is 29.0 Å². The van der Waals surface area contributed by atoms with Gasteiger partial charge in [-0.15, -0.1) is 0 Å². The van der Waals surface area contributed by atoms with E-state index >= 15 is 0 Å². The molecule has 2 aromatic carbocycles. The van der Waals surface area contributed by atoms with Crippen molar-refractivity contribution < 1.29 is 4.79 Å². The van der Waals surface area contributed by atoms with E-state index in [4.69, 9.17) is 5.10 Å². The predicted molar refractivity (Wildman–Crippen MR) is 132 cm³/mol. The molecule has 0 saturated carbocycles. The van der Waals surface area contributed by atoms with Crippen molar-refractivity contribution in [2.75, 3.05) is 0 Å². The third-order valence-corrected chi connectivity index (χ3v) is 5.79. The third kappa shape index (κ3) is 4.16. The van der Waals surface area contributed by atoms with Gasteiger partial charge >= 0.3 is 0 Å². The highest BCUT2D eigenvalue weighted by atomic mass is 79.9. The molecule has 0 bridgehead atoms. The van der Waals surface area contributed by atoms with Crippen molar-refractivity contribution in [2.45, 2.75) is 0 Å². The number of rotatable bonds is 4. The molecule has 158 valence electrons. The summed E-state index contributed by atoms with van der Waals surface area (Å²) in [7, 11) is 0. The SMILES string of the molecule is N#C/C(=C/c1cn(-c2ccccc2)nc1-c1ccc(Br)cc1)C1=NC(=O)C2C=CC=CC2=N1. The van der Waals surface area contributed by atoms with Crippen LogP contribution in [0.5, 0.6) is 0 Å². The van der Waals surface area contributed by atoms with Crippen LogP contribution in [0, 0.1) is 17.2 Å². The van der Waals surface area contributed by atoms with Crippen LogP contribution in [0.3, 0.4) is 0 Å². The molecule has 0 radical (unpaired) electrons. The van der Waals surface area contributed by atoms with E-state index in [1.807, 2.05) is 66.9 Å². The number of carbonyl (C=O) groups excluding carboxylic acids is 1. The number of aliphatic imine (C=N–C) groups is 2. The minimum absolute atomic E-state index is 0.114. The molecule has 6 nitrogen and oxygen atoms in total. The number of nitriles is 1. The zero-order chi connectivity index (χ0) is 22.8. The first-order chi connectivity index (χ1) is 16.1. The smallest absolute Gasteiger partial charge is 0.260 e. The minimum Gasteiger partial charge on any atom is -0.271 e. The summed E-state index contributed by atoms with van der Waals surface area (Å²) in [6, 6.07) is 19.7. The summed E-state index contributed by atoms with van der Waals surface area (Å²) in [5, 5.41) is 14.7. The molecule has 0 saturated heterocycles. The first-order valence-corrected chi connectivity index (χ1v) is 11.0. The van der Waals surface area contributed by atoms with Crippen LogP contribution in [0.1, 0.15) is 5.56 Å². The van der Waals surface area contributed by atoms with E-state index in [2.05, 4.69) is 32.0 Å². The highest BCUT2D eigenvalue weighted by molar-refractivity contribution is 9.10. The minimum atomic E-state index is -0.488. The highest BCUT2D eigenvalue weighted by Crippen LogP contribution is 2.28. The lowest BCUT2D eigenvalue weighted by molar-refractivity contribution is -0.118. The predicted octanol–water partition coefficient (Wildman–Crippen LogP) is 5.33. The van der Waals surface area contributed by atoms with Crippen LogP contribution in [0.15, 0.2) is 105 Å². The second-order valence-corrected chi connectivity index (χ2v) is 8.34. The summed E-state index contributed by atoms with van der Waals surface area (Å²) in [6.45, 7) is 0. The van der Waals surface area contributed by atoms with Gasteiger partial charge in [0.05, 0.1) is 22.7 Å². The average Bonchev–Trinajstić information content (AvgIpc) is 3.27. The number of amides is 1. The molecule has 2 heterocycles. The first-order valence-electron chi connectivity index (χ1n) is 10.2. The van der Waals surface area contributed by atoms with Crippen molar-refractivity contribution in [2.24, 2.45) is 15.9 Å². The van der Waals surface area contributed by atoms with Gasteiger partial charge in [0.2, 0.25) is 0 Å². The molecule has 1 atom stereocenters. The molecule has 3 aromatic rings. The molecule has 1 aliphatic carbocycles. The number of aromatic nitrogens is 2. The summed E-state index contributed by atoms with van der Waals surface area (Å²) in [5.41, 5.74) is 3.98. The Morgan fingerprint density at radius 2 is 1.85 bits per heavy atom. The number of benzene rings is 2. The number of fused-ring (bicyclic) bond motifs is 1. The van der Waals surface area contributed by atoms with Crippen molar-refractivity contribution in [1.29, 1.82) is 5.26 Å². The van der Waals surface area contributed by atoms with Crippen LogP contribution >= 0.6 is 15.9 Å². The van der Waals surface area contributed by atoms with Crippen LogP contribution in [0.2, 0.25) is 0 Å². The maximum Gasteiger partial charge on any atom is 0.260 e. The van der Waals surface area contributed by atoms with Crippen LogP contribution < -0.4 is 0 Å². The van der Waals surface area contributed by atoms with Gasteiger partial charge in [0.15, 0.2) is 5.84 Å². The molecular formula is C26H16BrN5O. The molecule has 1 unspecified atom stereocenters. The quantitative estimate of drug-likeness (QED) is 0.460. The van der Waals surface area contributed by atoms with Crippen molar-refractivity contribution in [3.05, 3.63) is 101 Å². The Labute approximate surface area is 198 Å². The Morgan fingerprint density at radius 3 is 2.61 bits per heavy atom. The van der Waals surface area contributed by atoms with E-state index in [1.165, 1.54) is 0 Å². The normalized spacial score (nSPS) is 17.3. The van der Waals surface area contributed by atoms with Crippen LogP contribution in [-0.4, -0.2) is 27.2 Å². The number of halogens is 1. The van der Waals surface area contributed by atoms with Crippen molar-refractivity contribution in [1.82, 2.24) is 9.78 Å². The second kappa shape index (κ2) is 8.77. The maximum absolute atomic E-state index is 12.5. The van der Waals surface area contributed by atoms with Crippen LogP contribution in [0.4, 0.5) is 0 Å². The molecule has 5 rings (SSSR count). The Bertz CT molecular complexity index is 1430. The van der Waals surface area contributed by atoms with Gasteiger partial charge in [-0.1, -0.05) is 64.5 Å². The van der Waals surface area contributed by atoms with Gasteiger partial charge in [-0.2, -0.15) is 15.4 Å². The lowest BCUT2D eigenvalue weighted by atomic mass is 9.96. The lowest BCUT2D eigenvalue weighted by Gasteiger charge is -2.17. The summed E-state index contributed by atoms with van der Waals surface area (Å²) >= 11 is 3.46. The Morgan fingerprint density at radius 1 is 1.06 bits per heavy atom. The number of hydrogen-bond donors (Lipinski definition) is 0. The van der Waals surface area contributed by atoms with E-state index in [9.17, 15) is 10.1 Å². The molecule has 0 N–H and O–H groups in total. The summed E-state index contributed by atoms with van der Waals surface area (Å²) < 4.78 is 2.72. The van der Waals surface area contributed by atoms with Gasteiger partial charge in [0, 0.05) is 21.8 Å². The number of carbonyl (C=O) groups is 1. The Kier molecular flexibility index (Phi) is 5.51. The van der Waals surface area contributed by atoms with Gasteiger partial charge in [0.25, 0.3) is 5.91 Å². The van der Waals surface area contributed by atoms with Crippen molar-refractivity contribution in [3.8, 4) is 23.0 Å². The lowest BCUT2D eigenvalue weighted by Crippen LogP contribution is -2.27. The van der Waals surface area contributed by atoms with Gasteiger partial charge in [-0.3, -0.25) is 4.79 Å². The standard InChI is InChI=1S/C26H16BrN5O/c27-20-12-10-17(11-13-20)24-19(16-32(31-24)21-6-2-1-3-7-21)14-18(15-28)25-29-23-9-5-4-8-22(23)26(33)30-25/h1-14,16,22H/b18-14-. The van der Waals surface area contributed by atoms with Crippen molar-refractivity contribution >= 4 is 39.5 Å². The number of nitrogens with zero attached hydrogens (tertiary/aromatic N) is 5. The summed E-state index contributed by atoms with van der Waals surface area (Å²) in [4.78, 5) is 21.1. The molecular weight excluding hydrogens is 478 g/mol. The summed E-state index contributed by atoms with van der Waals surface area (Å²) in [5.74, 6) is -0.703. The fourth-order valence-corrected chi connectivity index (χ4v) is 3.89. The molecule has 1 amide bonds. The van der Waals surface area contributed by atoms with Gasteiger partial charge < -0.3 is 0 Å². The molecule has 33 heavy (non-hydrogen) atoms. The largest absolute Gasteiger partial charge is 0.271 e. The topological polar surface area (TPSA) is 83.4 Å². The van der Waals surface area contributed by atoms with Gasteiger partial charge in [0.1, 0.15) is 12.0 Å². The molecule has 0 fully saturated rings. The molecule has 1 aliphatic heterocycles. The van der Waals surface area contributed by atoms with Crippen LogP contribution in [-0.2, 0) is 4.79 Å². The first kappa shape index (κ1) is 20.7. The fourth-order valence-electron chi connectivity index (χ4n) is 3.63. The zero-order valence-corrected chi connectivity index (χ0v) is 18.8. The highest BCUT2D eigenvalue weighted by Gasteiger charge is 2.27. The van der Waals surface area contributed by atoms with Gasteiger partial charge in [-0.25, -0.2) is 9.67 Å². The van der Waals surface area contributed by atoms with Crippen molar-refractivity contribution in [3.63, 3.8) is 0 Å². The number of hydrogen-bond acceptors (Lipinski definition) is 4. The zero-order valence-electron chi connectivity index (χ0n) is 17.3. The Hall–Kier alpha value is -4.15. The monoisotopic (exact) mass is 493 g/mol. The number of para-hydroxylation sites is 1. The molecule has 0 spiro atoms. The molecule has 2 aliphatic rings. The van der Waals surface area contributed by atoms with Crippen LogP contribution in [0.25, 0.3) is 23.0 Å². The fraction of sp³-hybridized carbons (Fsp3) is 0.0385. The number of allylic oxidation sites excluding steroid dienone is 3. The molecule has 7 heteroatoms.